The van der Waals surface area contributed by atoms with Gasteiger partial charge in [-0.15, -0.1) is 0 Å². The molecule has 1 atom stereocenters. The number of rotatable bonds is 1. The second-order valence-electron chi connectivity index (χ2n) is 6.04. The first kappa shape index (κ1) is 13.2. The fraction of sp³-hybridized carbons (Fsp3) is 0.182. The molecule has 0 nitrogen and oxygen atoms in total. The summed E-state index contributed by atoms with van der Waals surface area (Å²) in [6, 6.07) is 15.2. The van der Waals surface area contributed by atoms with Crippen molar-refractivity contribution in [2.45, 2.75) is 19.8 Å². The molecule has 1 unspecified atom stereocenters. The second kappa shape index (κ2) is 5.35. The zero-order valence-electron chi connectivity index (χ0n) is 12.8. The van der Waals surface area contributed by atoms with Gasteiger partial charge in [0.25, 0.3) is 0 Å². The molecule has 0 amide bonds. The molecule has 0 N–H and O–H groups in total. The van der Waals surface area contributed by atoms with Crippen LogP contribution in [0.4, 0.5) is 0 Å². The Kier molecular flexibility index (Phi) is 3.20. The molecule has 2 aromatic carbocycles. The van der Waals surface area contributed by atoms with Crippen molar-refractivity contribution < 1.29 is 0 Å². The summed E-state index contributed by atoms with van der Waals surface area (Å²) in [5.74, 6) is 7.21. The second-order valence-corrected chi connectivity index (χ2v) is 6.04. The molecular weight excluding hydrogens is 264 g/mol. The van der Waals surface area contributed by atoms with E-state index in [0.717, 1.165) is 12.8 Å². The maximum atomic E-state index is 3.44. The van der Waals surface area contributed by atoms with Crippen LogP contribution in [0.5, 0.6) is 0 Å². The summed E-state index contributed by atoms with van der Waals surface area (Å²) in [4.78, 5) is 0. The van der Waals surface area contributed by atoms with E-state index in [4.69, 9.17) is 0 Å². The first-order chi connectivity index (χ1) is 10.8. The minimum Gasteiger partial charge on any atom is -0.0903 e. The van der Waals surface area contributed by atoms with Gasteiger partial charge >= 0.3 is 0 Å². The Labute approximate surface area is 132 Å². The molecule has 0 heterocycles. The van der Waals surface area contributed by atoms with Crippen molar-refractivity contribution in [2.75, 3.05) is 0 Å². The molecule has 2 aliphatic rings. The number of hydrogen-bond donors (Lipinski definition) is 0. The molecule has 0 radical (unpaired) electrons. The molecule has 2 aliphatic carbocycles. The minimum absolute atomic E-state index is 0.322. The molecule has 0 fully saturated rings. The smallest absolute Gasteiger partial charge is 0.0393 e. The molecule has 0 spiro atoms. The molecule has 106 valence electrons. The molecule has 0 saturated carbocycles. The van der Waals surface area contributed by atoms with Gasteiger partial charge in [-0.2, -0.15) is 0 Å². The maximum absolute atomic E-state index is 3.44. The predicted octanol–water partition coefficient (Wildman–Crippen LogP) is 5.13. The molecule has 0 aromatic heterocycles. The SMILES string of the molecule is CC(C#Cc1cccc2c1-c1ccccc1C2)C1=CC=CC1. The lowest BCUT2D eigenvalue weighted by molar-refractivity contribution is 0.871. The maximum Gasteiger partial charge on any atom is 0.0393 e. The molecule has 0 saturated heterocycles. The van der Waals surface area contributed by atoms with Crippen LogP contribution in [0.25, 0.3) is 11.1 Å². The average molecular weight is 282 g/mol. The van der Waals surface area contributed by atoms with E-state index in [1.54, 1.807) is 0 Å². The van der Waals surface area contributed by atoms with Crippen LogP contribution in [0, 0.1) is 17.8 Å². The van der Waals surface area contributed by atoms with Gasteiger partial charge in [-0.05, 0) is 42.5 Å². The summed E-state index contributed by atoms with van der Waals surface area (Å²) in [5, 5.41) is 0. The van der Waals surface area contributed by atoms with E-state index in [2.05, 4.69) is 79.5 Å². The van der Waals surface area contributed by atoms with Gasteiger partial charge in [0, 0.05) is 17.0 Å². The van der Waals surface area contributed by atoms with Crippen molar-refractivity contribution in [3.05, 3.63) is 83.0 Å². The summed E-state index contributed by atoms with van der Waals surface area (Å²) in [6.45, 7) is 2.20. The first-order valence-electron chi connectivity index (χ1n) is 7.90. The van der Waals surface area contributed by atoms with Crippen molar-refractivity contribution in [1.29, 1.82) is 0 Å². The highest BCUT2D eigenvalue weighted by atomic mass is 14.2. The van der Waals surface area contributed by atoms with Crippen LogP contribution in [0.3, 0.4) is 0 Å². The van der Waals surface area contributed by atoms with E-state index in [9.17, 15) is 0 Å². The average Bonchev–Trinajstić information content (AvgIpc) is 3.19. The summed E-state index contributed by atoms with van der Waals surface area (Å²) >= 11 is 0. The molecule has 4 rings (SSSR count). The van der Waals surface area contributed by atoms with E-state index in [1.807, 2.05) is 0 Å². The van der Waals surface area contributed by atoms with E-state index in [-0.39, 0.29) is 0 Å². The van der Waals surface area contributed by atoms with E-state index >= 15 is 0 Å². The largest absolute Gasteiger partial charge is 0.0903 e. The van der Waals surface area contributed by atoms with Gasteiger partial charge in [0.15, 0.2) is 0 Å². The van der Waals surface area contributed by atoms with Crippen LogP contribution in [-0.2, 0) is 6.42 Å². The van der Waals surface area contributed by atoms with Crippen LogP contribution < -0.4 is 0 Å². The van der Waals surface area contributed by atoms with Gasteiger partial charge < -0.3 is 0 Å². The topological polar surface area (TPSA) is 0 Å². The highest BCUT2D eigenvalue weighted by molar-refractivity contribution is 5.81. The molecule has 0 heteroatoms. The standard InChI is InChI=1S/C22H18/c1-16(17-7-2-3-8-17)13-14-18-10-6-11-20-15-19-9-4-5-12-21(19)22(18)20/h2-7,9-12,16H,8,15H2,1H3. The van der Waals surface area contributed by atoms with Crippen LogP contribution >= 0.6 is 0 Å². The summed E-state index contributed by atoms with van der Waals surface area (Å²) in [6.07, 6.45) is 8.61. The Balaban J connectivity index is 1.73. The Hall–Kier alpha value is -2.52. The predicted molar refractivity (Wildman–Crippen MR) is 92.6 cm³/mol. The molecule has 0 aliphatic heterocycles. The number of allylic oxidation sites excluding steroid dienone is 4. The Morgan fingerprint density at radius 2 is 1.86 bits per heavy atom. The van der Waals surface area contributed by atoms with Crippen LogP contribution in [0.15, 0.2) is 66.3 Å². The number of hydrogen-bond acceptors (Lipinski definition) is 0. The first-order valence-corrected chi connectivity index (χ1v) is 7.90. The Bertz CT molecular complexity index is 853. The van der Waals surface area contributed by atoms with E-state index < -0.39 is 0 Å². The third-order valence-corrected chi connectivity index (χ3v) is 4.60. The zero-order valence-corrected chi connectivity index (χ0v) is 12.8. The Morgan fingerprint density at radius 1 is 1.00 bits per heavy atom. The van der Waals surface area contributed by atoms with Gasteiger partial charge in [0.2, 0.25) is 0 Å². The van der Waals surface area contributed by atoms with Crippen molar-refractivity contribution in [3.8, 4) is 23.0 Å². The molecule has 2 aromatic rings. The number of fused-ring (bicyclic) bond motifs is 3. The third-order valence-electron chi connectivity index (χ3n) is 4.60. The summed E-state index contributed by atoms with van der Waals surface area (Å²) in [7, 11) is 0. The van der Waals surface area contributed by atoms with Crippen LogP contribution in [-0.4, -0.2) is 0 Å². The molecular formula is C22H18. The molecule has 0 bridgehead atoms. The lowest BCUT2D eigenvalue weighted by Crippen LogP contribution is -1.94. The van der Waals surface area contributed by atoms with Gasteiger partial charge in [-0.25, -0.2) is 0 Å². The van der Waals surface area contributed by atoms with Crippen LogP contribution in [0.1, 0.15) is 30.0 Å². The zero-order chi connectivity index (χ0) is 14.9. The fourth-order valence-electron chi connectivity index (χ4n) is 3.36. The van der Waals surface area contributed by atoms with Gasteiger partial charge in [0.1, 0.15) is 0 Å². The third kappa shape index (κ3) is 2.20. The summed E-state index contributed by atoms with van der Waals surface area (Å²) < 4.78 is 0. The van der Waals surface area contributed by atoms with Crippen molar-refractivity contribution >= 4 is 0 Å². The van der Waals surface area contributed by atoms with Gasteiger partial charge in [-0.3, -0.25) is 0 Å². The monoisotopic (exact) mass is 282 g/mol. The number of benzene rings is 2. The normalized spacial score (nSPS) is 15.6. The highest BCUT2D eigenvalue weighted by Gasteiger charge is 2.19. The Morgan fingerprint density at radius 3 is 2.73 bits per heavy atom. The highest BCUT2D eigenvalue weighted by Crippen LogP contribution is 2.38. The van der Waals surface area contributed by atoms with Gasteiger partial charge in [-0.1, -0.05) is 72.0 Å². The van der Waals surface area contributed by atoms with Crippen LogP contribution in [0.2, 0.25) is 0 Å². The van der Waals surface area contributed by atoms with Crippen molar-refractivity contribution in [1.82, 2.24) is 0 Å². The lowest BCUT2D eigenvalue weighted by Gasteiger charge is -2.06. The van der Waals surface area contributed by atoms with Crippen molar-refractivity contribution in [3.63, 3.8) is 0 Å². The van der Waals surface area contributed by atoms with E-state index in [1.165, 1.54) is 33.4 Å². The van der Waals surface area contributed by atoms with E-state index in [0.29, 0.717) is 5.92 Å². The lowest BCUT2D eigenvalue weighted by atomic mass is 9.97. The fourth-order valence-corrected chi connectivity index (χ4v) is 3.36. The molecule has 22 heavy (non-hydrogen) atoms. The van der Waals surface area contributed by atoms with Gasteiger partial charge in [0.05, 0.1) is 0 Å². The van der Waals surface area contributed by atoms with Crippen molar-refractivity contribution in [2.24, 2.45) is 5.92 Å². The minimum atomic E-state index is 0.322. The summed E-state index contributed by atoms with van der Waals surface area (Å²) in [5.41, 5.74) is 8.11. The quantitative estimate of drug-likeness (QED) is 0.543.